The second-order valence-corrected chi connectivity index (χ2v) is 3.94. The normalized spacial score (nSPS) is 21.9. The van der Waals surface area contributed by atoms with E-state index in [1.165, 1.54) is 6.07 Å². The summed E-state index contributed by atoms with van der Waals surface area (Å²) in [5.74, 6) is -3.97. The van der Waals surface area contributed by atoms with Gasteiger partial charge in [0.05, 0.1) is 11.8 Å². The highest BCUT2D eigenvalue weighted by Crippen LogP contribution is 2.39. The number of halogens is 1. The lowest BCUT2D eigenvalue weighted by Gasteiger charge is -2.04. The molecule has 0 radical (unpaired) electrons. The maximum Gasteiger partial charge on any atom is 0.307 e. The van der Waals surface area contributed by atoms with Crippen LogP contribution in [0, 0.1) is 17.7 Å². The van der Waals surface area contributed by atoms with E-state index in [9.17, 15) is 14.0 Å². The van der Waals surface area contributed by atoms with E-state index in [-0.39, 0.29) is 5.69 Å². The van der Waals surface area contributed by atoms with Gasteiger partial charge in [0.25, 0.3) is 0 Å². The second kappa shape index (κ2) is 4.04. The summed E-state index contributed by atoms with van der Waals surface area (Å²) in [5, 5.41) is 20.0. The third-order valence-corrected chi connectivity index (χ3v) is 2.66. The Labute approximate surface area is 95.9 Å². The number of aromatic hydroxyl groups is 1. The molecule has 2 rings (SSSR count). The van der Waals surface area contributed by atoms with Gasteiger partial charge < -0.3 is 15.5 Å². The number of phenolic OH excluding ortho intramolecular Hbond substituents is 1. The van der Waals surface area contributed by atoms with Gasteiger partial charge in [0.1, 0.15) is 0 Å². The molecule has 1 fully saturated rings. The predicted molar refractivity (Wildman–Crippen MR) is 55.9 cm³/mol. The van der Waals surface area contributed by atoms with Gasteiger partial charge in [-0.15, -0.1) is 0 Å². The smallest absolute Gasteiger partial charge is 0.307 e. The summed E-state index contributed by atoms with van der Waals surface area (Å²) < 4.78 is 13.0. The van der Waals surface area contributed by atoms with Crippen molar-refractivity contribution in [3.63, 3.8) is 0 Å². The molecule has 1 aromatic rings. The summed E-state index contributed by atoms with van der Waals surface area (Å²) in [4.78, 5) is 22.1. The van der Waals surface area contributed by atoms with Crippen molar-refractivity contribution in [2.75, 3.05) is 5.32 Å². The van der Waals surface area contributed by atoms with Gasteiger partial charge in [-0.2, -0.15) is 0 Å². The molecule has 0 aromatic heterocycles. The van der Waals surface area contributed by atoms with Crippen molar-refractivity contribution in [2.24, 2.45) is 11.8 Å². The molecule has 2 atom stereocenters. The minimum Gasteiger partial charge on any atom is -0.505 e. The Bertz CT molecular complexity index is 488. The number of hydrogen-bond acceptors (Lipinski definition) is 3. The standard InChI is InChI=1S/C11H10FNO4/c12-8-3-5(1-2-9(8)14)13-10(15)6-4-7(6)11(16)17/h1-3,6-7,14H,4H2,(H,13,15)(H,16,17)/t6-,7+/m1/s1. The van der Waals surface area contributed by atoms with Crippen LogP contribution in [0.1, 0.15) is 6.42 Å². The summed E-state index contributed by atoms with van der Waals surface area (Å²) >= 11 is 0. The minimum absolute atomic E-state index is 0.196. The summed E-state index contributed by atoms with van der Waals surface area (Å²) in [6, 6.07) is 3.44. The van der Waals surface area contributed by atoms with Crippen molar-refractivity contribution < 1.29 is 24.2 Å². The van der Waals surface area contributed by atoms with Crippen LogP contribution in [0.15, 0.2) is 18.2 Å². The Kier molecular flexibility index (Phi) is 2.71. The van der Waals surface area contributed by atoms with Crippen molar-refractivity contribution in [2.45, 2.75) is 6.42 Å². The molecule has 17 heavy (non-hydrogen) atoms. The number of carbonyl (C=O) groups excluding carboxylic acids is 1. The fourth-order valence-electron chi connectivity index (χ4n) is 1.58. The molecule has 0 spiro atoms. The lowest BCUT2D eigenvalue weighted by molar-refractivity contribution is -0.139. The van der Waals surface area contributed by atoms with Crippen LogP contribution in [0.4, 0.5) is 10.1 Å². The van der Waals surface area contributed by atoms with Crippen molar-refractivity contribution in [1.82, 2.24) is 0 Å². The highest BCUT2D eigenvalue weighted by atomic mass is 19.1. The van der Waals surface area contributed by atoms with Crippen LogP contribution in [0.25, 0.3) is 0 Å². The van der Waals surface area contributed by atoms with E-state index in [1.54, 1.807) is 0 Å². The molecule has 0 heterocycles. The van der Waals surface area contributed by atoms with Gasteiger partial charge in [0.2, 0.25) is 5.91 Å². The third-order valence-electron chi connectivity index (χ3n) is 2.66. The van der Waals surface area contributed by atoms with Crippen LogP contribution in [0.5, 0.6) is 5.75 Å². The predicted octanol–water partition coefficient (Wildman–Crippen LogP) is 1.19. The number of carbonyl (C=O) groups is 2. The Hall–Kier alpha value is -2.11. The fraction of sp³-hybridized carbons (Fsp3) is 0.273. The number of aliphatic carboxylic acids is 1. The van der Waals surface area contributed by atoms with E-state index in [0.29, 0.717) is 6.42 Å². The van der Waals surface area contributed by atoms with Crippen molar-refractivity contribution in [3.8, 4) is 5.75 Å². The first-order valence-electron chi connectivity index (χ1n) is 5.01. The Morgan fingerprint density at radius 2 is 2.06 bits per heavy atom. The maximum absolute atomic E-state index is 13.0. The highest BCUT2D eigenvalue weighted by Gasteiger charge is 2.48. The van der Waals surface area contributed by atoms with Gasteiger partial charge in [0.15, 0.2) is 11.6 Å². The first kappa shape index (κ1) is 11.4. The zero-order valence-electron chi connectivity index (χ0n) is 8.68. The molecule has 5 nitrogen and oxygen atoms in total. The van der Waals surface area contributed by atoms with E-state index >= 15 is 0 Å². The molecule has 90 valence electrons. The molecule has 1 aromatic carbocycles. The molecular formula is C11H10FNO4. The molecule has 1 aliphatic rings. The largest absolute Gasteiger partial charge is 0.505 e. The molecule has 0 aliphatic heterocycles. The van der Waals surface area contributed by atoms with E-state index in [0.717, 1.165) is 12.1 Å². The van der Waals surface area contributed by atoms with E-state index < -0.39 is 35.3 Å². The SMILES string of the molecule is O=C(O)[C@H]1C[C@H]1C(=O)Nc1ccc(O)c(F)c1. The summed E-state index contributed by atoms with van der Waals surface area (Å²) in [6.45, 7) is 0. The quantitative estimate of drug-likeness (QED) is 0.691. The van der Waals surface area contributed by atoms with Crippen LogP contribution in [0.2, 0.25) is 0 Å². The number of anilines is 1. The Morgan fingerprint density at radius 3 is 2.59 bits per heavy atom. The van der Waals surface area contributed by atoms with Gasteiger partial charge in [-0.3, -0.25) is 9.59 Å². The van der Waals surface area contributed by atoms with Gasteiger partial charge in [-0.25, -0.2) is 4.39 Å². The Balaban J connectivity index is 2.00. The molecule has 0 unspecified atom stereocenters. The van der Waals surface area contributed by atoms with Gasteiger partial charge in [0, 0.05) is 11.8 Å². The molecule has 1 aliphatic carbocycles. The van der Waals surface area contributed by atoms with Crippen molar-refractivity contribution in [3.05, 3.63) is 24.0 Å². The average Bonchev–Trinajstić information content (AvgIpc) is 3.03. The lowest BCUT2D eigenvalue weighted by atomic mass is 10.2. The zero-order valence-corrected chi connectivity index (χ0v) is 8.68. The van der Waals surface area contributed by atoms with Crippen molar-refractivity contribution >= 4 is 17.6 Å². The van der Waals surface area contributed by atoms with Gasteiger partial charge in [-0.1, -0.05) is 0 Å². The molecular weight excluding hydrogens is 229 g/mol. The highest BCUT2D eigenvalue weighted by molar-refractivity contribution is 5.98. The monoisotopic (exact) mass is 239 g/mol. The second-order valence-electron chi connectivity index (χ2n) is 3.94. The number of carboxylic acids is 1. The Morgan fingerprint density at radius 1 is 1.35 bits per heavy atom. The molecule has 3 N–H and O–H groups in total. The molecule has 1 amide bonds. The molecule has 0 bridgehead atoms. The summed E-state index contributed by atoms with van der Waals surface area (Å²) in [5.41, 5.74) is 0.196. The van der Waals surface area contributed by atoms with Crippen LogP contribution >= 0.6 is 0 Å². The van der Waals surface area contributed by atoms with E-state index in [2.05, 4.69) is 5.32 Å². The number of amides is 1. The first-order chi connectivity index (χ1) is 7.99. The lowest BCUT2D eigenvalue weighted by Crippen LogP contribution is -2.16. The van der Waals surface area contributed by atoms with Crippen LogP contribution in [0.3, 0.4) is 0 Å². The fourth-order valence-corrected chi connectivity index (χ4v) is 1.58. The number of phenols is 1. The van der Waals surface area contributed by atoms with Crippen LogP contribution < -0.4 is 5.32 Å². The average molecular weight is 239 g/mol. The van der Waals surface area contributed by atoms with Gasteiger partial charge >= 0.3 is 5.97 Å². The first-order valence-corrected chi connectivity index (χ1v) is 5.01. The maximum atomic E-state index is 13.0. The third kappa shape index (κ3) is 2.35. The van der Waals surface area contributed by atoms with Gasteiger partial charge in [-0.05, 0) is 18.6 Å². The molecule has 0 saturated heterocycles. The molecule has 6 heteroatoms. The summed E-state index contributed by atoms with van der Waals surface area (Å²) in [7, 11) is 0. The van der Waals surface area contributed by atoms with Crippen LogP contribution in [-0.2, 0) is 9.59 Å². The number of rotatable bonds is 3. The number of hydrogen-bond donors (Lipinski definition) is 3. The number of nitrogens with one attached hydrogen (secondary N) is 1. The topological polar surface area (TPSA) is 86.6 Å². The number of carboxylic acid groups (broad SMARTS) is 1. The van der Waals surface area contributed by atoms with Crippen molar-refractivity contribution in [1.29, 1.82) is 0 Å². The van der Waals surface area contributed by atoms with E-state index in [4.69, 9.17) is 10.2 Å². The number of benzene rings is 1. The van der Waals surface area contributed by atoms with E-state index in [1.807, 2.05) is 0 Å². The van der Waals surface area contributed by atoms with Crippen LogP contribution in [-0.4, -0.2) is 22.1 Å². The zero-order chi connectivity index (χ0) is 12.6. The molecule has 1 saturated carbocycles. The summed E-state index contributed by atoms with van der Waals surface area (Å²) in [6.07, 6.45) is 0.307. The minimum atomic E-state index is -0.998.